The van der Waals surface area contributed by atoms with Crippen LogP contribution in [0.5, 0.6) is 0 Å². The molecule has 1 heterocycles. The second kappa shape index (κ2) is 7.68. The molecule has 0 saturated carbocycles. The molecule has 0 aliphatic heterocycles. The minimum absolute atomic E-state index is 0.151. The summed E-state index contributed by atoms with van der Waals surface area (Å²) in [4.78, 5) is 31.3. The molecule has 2 aromatic carbocycles. The number of aromatic amines is 1. The van der Waals surface area contributed by atoms with E-state index in [1.807, 2.05) is 0 Å². The first-order valence-corrected chi connectivity index (χ1v) is 8.67. The Balaban J connectivity index is 1.89. The highest BCUT2D eigenvalue weighted by Crippen LogP contribution is 2.33. The molecule has 0 spiro atoms. The highest BCUT2D eigenvalue weighted by Gasteiger charge is 2.16. The Kier molecular flexibility index (Phi) is 5.53. The van der Waals surface area contributed by atoms with Crippen LogP contribution in [0.3, 0.4) is 0 Å². The molecule has 0 atom stereocenters. The Morgan fingerprint density at radius 1 is 0.962 bits per heavy atom. The van der Waals surface area contributed by atoms with Crippen LogP contribution in [0.1, 0.15) is 10.4 Å². The van der Waals surface area contributed by atoms with Gasteiger partial charge in [0.2, 0.25) is 0 Å². The molecule has 1 aromatic heterocycles. The number of nitrogens with one attached hydrogen (secondary N) is 2. The standard InChI is InChI=1S/C17H9Cl4N3O2/c18-9-3-1-8(2-4-9)15-22-7-11(17(26)24-15)16(25)23-14-12(20)5-10(19)6-13(14)21/h1-7H,(H,23,25)(H,22,24,26). The number of H-pyrrole nitrogens is 1. The van der Waals surface area contributed by atoms with Gasteiger partial charge in [-0.25, -0.2) is 4.98 Å². The van der Waals surface area contributed by atoms with Crippen LogP contribution in [0.25, 0.3) is 11.4 Å². The lowest BCUT2D eigenvalue weighted by molar-refractivity contribution is 0.102. The molecule has 132 valence electrons. The van der Waals surface area contributed by atoms with E-state index in [2.05, 4.69) is 15.3 Å². The van der Waals surface area contributed by atoms with Crippen molar-refractivity contribution in [2.75, 3.05) is 5.32 Å². The van der Waals surface area contributed by atoms with Crippen molar-refractivity contribution in [3.63, 3.8) is 0 Å². The number of amides is 1. The van der Waals surface area contributed by atoms with Crippen LogP contribution in [-0.2, 0) is 0 Å². The molecule has 0 radical (unpaired) electrons. The fourth-order valence-electron chi connectivity index (χ4n) is 2.15. The van der Waals surface area contributed by atoms with Crippen molar-refractivity contribution < 1.29 is 4.79 Å². The van der Waals surface area contributed by atoms with Crippen molar-refractivity contribution in [3.8, 4) is 11.4 Å². The zero-order chi connectivity index (χ0) is 18.8. The van der Waals surface area contributed by atoms with Gasteiger partial charge in [-0.2, -0.15) is 0 Å². The predicted molar refractivity (Wildman–Crippen MR) is 105 cm³/mol. The minimum atomic E-state index is -0.701. The summed E-state index contributed by atoms with van der Waals surface area (Å²) < 4.78 is 0. The molecule has 0 fully saturated rings. The van der Waals surface area contributed by atoms with Gasteiger partial charge in [0.1, 0.15) is 11.4 Å². The normalized spacial score (nSPS) is 10.6. The van der Waals surface area contributed by atoms with Crippen LogP contribution in [0, 0.1) is 0 Å². The van der Waals surface area contributed by atoms with E-state index in [9.17, 15) is 9.59 Å². The lowest BCUT2D eigenvalue weighted by Gasteiger charge is -2.09. The molecule has 1 amide bonds. The maximum atomic E-state index is 12.4. The van der Waals surface area contributed by atoms with Crippen LogP contribution in [0.2, 0.25) is 20.1 Å². The van der Waals surface area contributed by atoms with Gasteiger partial charge in [-0.15, -0.1) is 0 Å². The zero-order valence-corrected chi connectivity index (χ0v) is 15.8. The van der Waals surface area contributed by atoms with Gasteiger partial charge in [0, 0.05) is 21.8 Å². The molecule has 3 rings (SSSR count). The summed E-state index contributed by atoms with van der Waals surface area (Å²) >= 11 is 23.7. The first-order chi connectivity index (χ1) is 12.3. The van der Waals surface area contributed by atoms with Crippen molar-refractivity contribution in [2.24, 2.45) is 0 Å². The fourth-order valence-corrected chi connectivity index (χ4v) is 3.19. The summed E-state index contributed by atoms with van der Waals surface area (Å²) in [5.41, 5.74) is 0.0135. The maximum absolute atomic E-state index is 12.4. The third-order valence-corrected chi connectivity index (χ3v) is 4.47. The molecule has 0 unspecified atom stereocenters. The summed E-state index contributed by atoms with van der Waals surface area (Å²) in [6, 6.07) is 9.60. The number of carbonyl (C=O) groups excluding carboxylic acids is 1. The third-order valence-electron chi connectivity index (χ3n) is 3.41. The van der Waals surface area contributed by atoms with Gasteiger partial charge in [-0.1, -0.05) is 46.4 Å². The smallest absolute Gasteiger partial charge is 0.264 e. The second-order valence-corrected chi connectivity index (χ2v) is 6.87. The van der Waals surface area contributed by atoms with E-state index >= 15 is 0 Å². The SMILES string of the molecule is O=C(Nc1c(Cl)cc(Cl)cc1Cl)c1cnc(-c2ccc(Cl)cc2)[nH]c1=O. The first-order valence-electron chi connectivity index (χ1n) is 7.16. The topological polar surface area (TPSA) is 74.8 Å². The van der Waals surface area contributed by atoms with Crippen molar-refractivity contribution in [1.29, 1.82) is 0 Å². The summed E-state index contributed by atoms with van der Waals surface area (Å²) in [5.74, 6) is -0.390. The van der Waals surface area contributed by atoms with Crippen molar-refractivity contribution in [1.82, 2.24) is 9.97 Å². The Morgan fingerprint density at radius 3 is 2.15 bits per heavy atom. The molecule has 0 aliphatic rings. The Labute approximate surface area is 167 Å². The minimum Gasteiger partial charge on any atom is -0.319 e. The van der Waals surface area contributed by atoms with Gasteiger partial charge < -0.3 is 10.3 Å². The number of hydrogen-bond acceptors (Lipinski definition) is 3. The van der Waals surface area contributed by atoms with Crippen molar-refractivity contribution >= 4 is 58.0 Å². The van der Waals surface area contributed by atoms with E-state index in [1.165, 1.54) is 18.3 Å². The van der Waals surface area contributed by atoms with E-state index in [1.54, 1.807) is 24.3 Å². The van der Waals surface area contributed by atoms with Crippen LogP contribution >= 0.6 is 46.4 Å². The van der Waals surface area contributed by atoms with Gasteiger partial charge in [-0.3, -0.25) is 9.59 Å². The van der Waals surface area contributed by atoms with Gasteiger partial charge in [0.15, 0.2) is 0 Å². The van der Waals surface area contributed by atoms with Crippen molar-refractivity contribution in [2.45, 2.75) is 0 Å². The molecule has 3 aromatic rings. The van der Waals surface area contributed by atoms with Crippen LogP contribution < -0.4 is 10.9 Å². The number of aromatic nitrogens is 2. The van der Waals surface area contributed by atoms with E-state index in [0.29, 0.717) is 21.4 Å². The Bertz CT molecular complexity index is 1030. The molecule has 2 N–H and O–H groups in total. The van der Waals surface area contributed by atoms with Crippen LogP contribution in [-0.4, -0.2) is 15.9 Å². The summed E-state index contributed by atoms with van der Waals surface area (Å²) in [7, 11) is 0. The number of halogens is 4. The molecule has 0 aliphatic carbocycles. The lowest BCUT2D eigenvalue weighted by atomic mass is 10.2. The van der Waals surface area contributed by atoms with E-state index in [4.69, 9.17) is 46.4 Å². The number of anilines is 1. The van der Waals surface area contributed by atoms with Gasteiger partial charge in [0.25, 0.3) is 11.5 Å². The molecule has 26 heavy (non-hydrogen) atoms. The quantitative estimate of drug-likeness (QED) is 0.594. The van der Waals surface area contributed by atoms with E-state index < -0.39 is 11.5 Å². The first kappa shape index (κ1) is 18.7. The number of nitrogens with zero attached hydrogens (tertiary/aromatic N) is 1. The largest absolute Gasteiger partial charge is 0.319 e. The van der Waals surface area contributed by atoms with Gasteiger partial charge >= 0.3 is 0 Å². The van der Waals surface area contributed by atoms with Crippen LogP contribution in [0.4, 0.5) is 5.69 Å². The average molecular weight is 429 g/mol. The highest BCUT2D eigenvalue weighted by atomic mass is 35.5. The molecule has 0 saturated heterocycles. The summed E-state index contributed by atoms with van der Waals surface area (Å²) in [5, 5.41) is 3.68. The van der Waals surface area contributed by atoms with Gasteiger partial charge in [0.05, 0.1) is 15.7 Å². The van der Waals surface area contributed by atoms with E-state index in [-0.39, 0.29) is 21.3 Å². The Morgan fingerprint density at radius 2 is 1.58 bits per heavy atom. The van der Waals surface area contributed by atoms with Crippen molar-refractivity contribution in [3.05, 3.63) is 78.6 Å². The summed E-state index contributed by atoms with van der Waals surface area (Å²) in [6.07, 6.45) is 1.18. The number of rotatable bonds is 3. The second-order valence-electron chi connectivity index (χ2n) is 5.18. The zero-order valence-electron chi connectivity index (χ0n) is 12.8. The van der Waals surface area contributed by atoms with Gasteiger partial charge in [-0.05, 0) is 36.4 Å². The molecule has 5 nitrogen and oxygen atoms in total. The maximum Gasteiger partial charge on any atom is 0.264 e. The fraction of sp³-hybridized carbons (Fsp3) is 0. The van der Waals surface area contributed by atoms with E-state index in [0.717, 1.165) is 0 Å². The molecule has 0 bridgehead atoms. The third kappa shape index (κ3) is 4.02. The molecular formula is C17H9Cl4N3O2. The average Bonchev–Trinajstić information content (AvgIpc) is 2.58. The molecular weight excluding hydrogens is 420 g/mol. The lowest BCUT2D eigenvalue weighted by Crippen LogP contribution is -2.24. The Hall–Kier alpha value is -2.05. The highest BCUT2D eigenvalue weighted by molar-refractivity contribution is 6.42. The predicted octanol–water partition coefficient (Wildman–Crippen LogP) is 5.30. The van der Waals surface area contributed by atoms with Crippen LogP contribution in [0.15, 0.2) is 47.4 Å². The number of benzene rings is 2. The monoisotopic (exact) mass is 427 g/mol. The molecule has 9 heteroatoms. The number of carbonyl (C=O) groups is 1. The summed E-state index contributed by atoms with van der Waals surface area (Å²) in [6.45, 7) is 0. The number of hydrogen-bond donors (Lipinski definition) is 2.